The molecule has 1 saturated carbocycles. The number of ether oxygens (including phenoxy) is 1. The summed E-state index contributed by atoms with van der Waals surface area (Å²) in [6.45, 7) is 5.72. The van der Waals surface area contributed by atoms with E-state index in [-0.39, 0.29) is 6.10 Å². The van der Waals surface area contributed by atoms with Crippen LogP contribution in [-0.2, 0) is 11.2 Å². The summed E-state index contributed by atoms with van der Waals surface area (Å²) in [4.78, 5) is 4.42. The summed E-state index contributed by atoms with van der Waals surface area (Å²) in [5.41, 5.74) is 0. The molecule has 1 aromatic heterocycles. The van der Waals surface area contributed by atoms with Crippen LogP contribution < -0.4 is 5.32 Å². The Kier molecular flexibility index (Phi) is 5.13. The van der Waals surface area contributed by atoms with Gasteiger partial charge in [-0.25, -0.2) is 0 Å². The second kappa shape index (κ2) is 6.85. The van der Waals surface area contributed by atoms with E-state index in [4.69, 9.17) is 9.26 Å². The van der Waals surface area contributed by atoms with Crippen molar-refractivity contribution in [3.05, 3.63) is 11.7 Å². The van der Waals surface area contributed by atoms with Gasteiger partial charge in [0.25, 0.3) is 0 Å². The van der Waals surface area contributed by atoms with E-state index < -0.39 is 0 Å². The minimum absolute atomic E-state index is 0.0195. The Labute approximate surface area is 108 Å². The molecule has 0 aromatic carbocycles. The molecule has 1 fully saturated rings. The van der Waals surface area contributed by atoms with Crippen LogP contribution in [0.25, 0.3) is 0 Å². The van der Waals surface area contributed by atoms with Crippen LogP contribution in [0.4, 0.5) is 0 Å². The molecule has 1 aliphatic carbocycles. The van der Waals surface area contributed by atoms with Gasteiger partial charge in [0.15, 0.2) is 0 Å². The minimum atomic E-state index is -0.0195. The summed E-state index contributed by atoms with van der Waals surface area (Å²) >= 11 is 0. The number of nitrogens with zero attached hydrogens (tertiary/aromatic N) is 2. The summed E-state index contributed by atoms with van der Waals surface area (Å²) in [6, 6.07) is 0.726. The highest BCUT2D eigenvalue weighted by atomic mass is 16.5. The zero-order valence-corrected chi connectivity index (χ0v) is 11.3. The molecule has 102 valence electrons. The molecule has 18 heavy (non-hydrogen) atoms. The molecule has 0 aliphatic heterocycles. The van der Waals surface area contributed by atoms with Crippen LogP contribution in [0.2, 0.25) is 0 Å². The van der Waals surface area contributed by atoms with Crippen LogP contribution in [0.15, 0.2) is 4.52 Å². The molecule has 2 rings (SSSR count). The fourth-order valence-corrected chi connectivity index (χ4v) is 1.92. The van der Waals surface area contributed by atoms with E-state index in [1.54, 1.807) is 0 Å². The average molecular weight is 253 g/mol. The van der Waals surface area contributed by atoms with Crippen molar-refractivity contribution in [3.8, 4) is 0 Å². The zero-order chi connectivity index (χ0) is 12.8. The first kappa shape index (κ1) is 13.5. The van der Waals surface area contributed by atoms with Crippen molar-refractivity contribution in [2.75, 3.05) is 13.2 Å². The lowest BCUT2D eigenvalue weighted by Gasteiger charge is -2.11. The van der Waals surface area contributed by atoms with E-state index >= 15 is 0 Å². The third kappa shape index (κ3) is 4.07. The van der Waals surface area contributed by atoms with Crippen molar-refractivity contribution >= 4 is 0 Å². The molecule has 1 unspecified atom stereocenters. The fraction of sp³-hybridized carbons (Fsp3) is 0.846. The maximum absolute atomic E-state index is 5.63. The molecule has 5 nitrogen and oxygen atoms in total. The lowest BCUT2D eigenvalue weighted by molar-refractivity contribution is 0.0478. The van der Waals surface area contributed by atoms with Gasteiger partial charge in [-0.05, 0) is 26.2 Å². The molecule has 0 saturated heterocycles. The molecule has 0 amide bonds. The molecule has 1 aromatic rings. The van der Waals surface area contributed by atoms with Gasteiger partial charge in [0.1, 0.15) is 6.10 Å². The molecular formula is C13H23N3O2. The zero-order valence-electron chi connectivity index (χ0n) is 11.3. The highest BCUT2D eigenvalue weighted by Gasteiger charge is 2.21. The number of nitrogens with one attached hydrogen (secondary N) is 1. The predicted octanol–water partition coefficient (Wildman–Crippen LogP) is 2.24. The molecule has 0 bridgehead atoms. The normalized spacial score (nSPS) is 17.0. The van der Waals surface area contributed by atoms with E-state index in [1.807, 2.05) is 6.92 Å². The number of hydrogen-bond acceptors (Lipinski definition) is 5. The maximum atomic E-state index is 5.63. The van der Waals surface area contributed by atoms with Crippen molar-refractivity contribution in [1.29, 1.82) is 0 Å². The Morgan fingerprint density at radius 1 is 1.44 bits per heavy atom. The van der Waals surface area contributed by atoms with Gasteiger partial charge in [0.2, 0.25) is 11.7 Å². The molecule has 1 N–H and O–H groups in total. The van der Waals surface area contributed by atoms with Crippen molar-refractivity contribution < 1.29 is 9.26 Å². The van der Waals surface area contributed by atoms with E-state index in [2.05, 4.69) is 22.4 Å². The number of hydrogen-bond donors (Lipinski definition) is 1. The largest absolute Gasteiger partial charge is 0.370 e. The smallest absolute Gasteiger partial charge is 0.228 e. The van der Waals surface area contributed by atoms with Gasteiger partial charge < -0.3 is 14.6 Å². The molecule has 1 aliphatic rings. The molecule has 5 heteroatoms. The lowest BCUT2D eigenvalue weighted by atomic mass is 10.2. The van der Waals surface area contributed by atoms with Crippen LogP contribution >= 0.6 is 0 Å². The monoisotopic (exact) mass is 253 g/mol. The topological polar surface area (TPSA) is 60.2 Å². The third-order valence-corrected chi connectivity index (χ3v) is 3.04. The molecule has 0 radical (unpaired) electrons. The standard InChI is InChI=1S/C13H23N3O2/c1-3-5-11(17-4-2)13-15-12(18-16-13)8-9-14-10-6-7-10/h10-11,14H,3-9H2,1-2H3. The third-order valence-electron chi connectivity index (χ3n) is 3.04. The Bertz CT molecular complexity index is 344. The minimum Gasteiger partial charge on any atom is -0.370 e. The summed E-state index contributed by atoms with van der Waals surface area (Å²) in [6.07, 6.45) is 5.38. The molecule has 0 spiro atoms. The van der Waals surface area contributed by atoms with Crippen molar-refractivity contribution in [1.82, 2.24) is 15.5 Å². The molecule has 1 atom stereocenters. The van der Waals surface area contributed by atoms with Crippen LogP contribution in [0.1, 0.15) is 57.3 Å². The van der Waals surface area contributed by atoms with Gasteiger partial charge in [-0.2, -0.15) is 4.98 Å². The summed E-state index contributed by atoms with van der Waals surface area (Å²) < 4.78 is 10.9. The average Bonchev–Trinajstić information content (AvgIpc) is 3.06. The Hall–Kier alpha value is -0.940. The van der Waals surface area contributed by atoms with E-state index in [9.17, 15) is 0 Å². The summed E-state index contributed by atoms with van der Waals surface area (Å²) in [7, 11) is 0. The quantitative estimate of drug-likeness (QED) is 0.731. The van der Waals surface area contributed by atoms with Gasteiger partial charge in [0.05, 0.1) is 0 Å². The van der Waals surface area contributed by atoms with Crippen molar-refractivity contribution in [3.63, 3.8) is 0 Å². The van der Waals surface area contributed by atoms with Gasteiger partial charge in [-0.1, -0.05) is 18.5 Å². The van der Waals surface area contributed by atoms with Gasteiger partial charge in [-0.15, -0.1) is 0 Å². The van der Waals surface area contributed by atoms with Gasteiger partial charge >= 0.3 is 0 Å². The highest BCUT2D eigenvalue weighted by molar-refractivity contribution is 4.92. The first-order chi connectivity index (χ1) is 8.83. The second-order valence-corrected chi connectivity index (χ2v) is 4.76. The molecular weight excluding hydrogens is 230 g/mol. The second-order valence-electron chi connectivity index (χ2n) is 4.76. The van der Waals surface area contributed by atoms with Crippen molar-refractivity contribution in [2.45, 2.75) is 58.1 Å². The first-order valence-electron chi connectivity index (χ1n) is 7.01. The van der Waals surface area contributed by atoms with Crippen molar-refractivity contribution in [2.24, 2.45) is 0 Å². The van der Waals surface area contributed by atoms with Crippen LogP contribution in [0.5, 0.6) is 0 Å². The Morgan fingerprint density at radius 2 is 2.28 bits per heavy atom. The molecule has 1 heterocycles. The SMILES string of the molecule is CCCC(OCC)c1noc(CCNC2CC2)n1. The predicted molar refractivity (Wildman–Crippen MR) is 68.3 cm³/mol. The Balaban J connectivity index is 1.81. The first-order valence-corrected chi connectivity index (χ1v) is 7.01. The summed E-state index contributed by atoms with van der Waals surface area (Å²) in [5, 5.41) is 7.46. The number of rotatable bonds is 9. The Morgan fingerprint density at radius 3 is 2.94 bits per heavy atom. The highest BCUT2D eigenvalue weighted by Crippen LogP contribution is 2.20. The van der Waals surface area contributed by atoms with Crippen LogP contribution in [0, 0.1) is 0 Å². The lowest BCUT2D eigenvalue weighted by Crippen LogP contribution is -2.19. The van der Waals surface area contributed by atoms with Gasteiger partial charge in [0, 0.05) is 25.6 Å². The fourth-order valence-electron chi connectivity index (χ4n) is 1.92. The van der Waals surface area contributed by atoms with Gasteiger partial charge in [-0.3, -0.25) is 0 Å². The van der Waals surface area contributed by atoms with Crippen LogP contribution in [-0.4, -0.2) is 29.3 Å². The maximum Gasteiger partial charge on any atom is 0.228 e. The van der Waals surface area contributed by atoms with E-state index in [0.29, 0.717) is 18.3 Å². The van der Waals surface area contributed by atoms with E-state index in [0.717, 1.165) is 31.8 Å². The number of aromatic nitrogens is 2. The van der Waals surface area contributed by atoms with Crippen LogP contribution in [0.3, 0.4) is 0 Å². The summed E-state index contributed by atoms with van der Waals surface area (Å²) in [5.74, 6) is 1.40. The van der Waals surface area contributed by atoms with E-state index in [1.165, 1.54) is 12.8 Å².